The number of nitrogens with zero attached hydrogens (tertiary/aromatic N) is 1. The van der Waals surface area contributed by atoms with Gasteiger partial charge in [-0.15, -0.1) is 0 Å². The molecule has 2 aromatic carbocycles. The first-order chi connectivity index (χ1) is 15.8. The summed E-state index contributed by atoms with van der Waals surface area (Å²) in [5, 5.41) is 17.4. The Hall–Kier alpha value is -3.04. The minimum Gasteiger partial charge on any atom is -0.484 e. The summed E-state index contributed by atoms with van der Waals surface area (Å²) in [6.07, 6.45) is 2.87. The van der Waals surface area contributed by atoms with E-state index in [1.54, 1.807) is 24.3 Å². The van der Waals surface area contributed by atoms with Crippen LogP contribution in [-0.4, -0.2) is 42.0 Å². The second kappa shape index (κ2) is 11.7. The van der Waals surface area contributed by atoms with Crippen LogP contribution in [0.5, 0.6) is 11.5 Å². The van der Waals surface area contributed by atoms with E-state index in [9.17, 15) is 19.7 Å². The van der Waals surface area contributed by atoms with Gasteiger partial charge < -0.3 is 20.1 Å². The Labute approximate surface area is 200 Å². The molecule has 9 nitrogen and oxygen atoms in total. The molecule has 3 rings (SSSR count). The van der Waals surface area contributed by atoms with Crippen LogP contribution in [-0.2, 0) is 9.59 Å². The molecule has 0 aliphatic heterocycles. The van der Waals surface area contributed by atoms with Gasteiger partial charge in [0.2, 0.25) is 0 Å². The molecule has 1 aliphatic rings. The molecule has 2 N–H and O–H groups in total. The maximum Gasteiger partial charge on any atom is 0.291 e. The molecule has 176 valence electrons. The Bertz CT molecular complexity index is 994. The second-order valence-corrected chi connectivity index (χ2v) is 8.43. The van der Waals surface area contributed by atoms with Gasteiger partial charge in [-0.1, -0.05) is 23.2 Å². The lowest BCUT2D eigenvalue weighted by atomic mass is 9.91. The molecule has 2 aromatic rings. The molecule has 0 bridgehead atoms. The van der Waals surface area contributed by atoms with Gasteiger partial charge in [-0.05, 0) is 62.1 Å². The van der Waals surface area contributed by atoms with Crippen LogP contribution >= 0.6 is 23.2 Å². The number of hydrogen-bond donors (Lipinski definition) is 2. The summed E-state index contributed by atoms with van der Waals surface area (Å²) in [6.45, 7) is -0.351. The molecule has 0 radical (unpaired) electrons. The number of ether oxygens (including phenoxy) is 2. The Morgan fingerprint density at radius 3 is 1.88 bits per heavy atom. The van der Waals surface area contributed by atoms with E-state index in [1.165, 1.54) is 18.2 Å². The van der Waals surface area contributed by atoms with Crippen molar-refractivity contribution < 1.29 is 24.0 Å². The van der Waals surface area contributed by atoms with Gasteiger partial charge in [0.25, 0.3) is 17.5 Å². The highest BCUT2D eigenvalue weighted by molar-refractivity contribution is 6.32. The molecule has 11 heteroatoms. The molecule has 2 amide bonds. The summed E-state index contributed by atoms with van der Waals surface area (Å²) in [6, 6.07) is 10.8. The van der Waals surface area contributed by atoms with E-state index in [0.717, 1.165) is 12.8 Å². The van der Waals surface area contributed by atoms with E-state index in [1.807, 2.05) is 0 Å². The van der Waals surface area contributed by atoms with Crippen molar-refractivity contribution in [1.29, 1.82) is 0 Å². The molecule has 0 aromatic heterocycles. The van der Waals surface area contributed by atoms with Crippen LogP contribution in [0, 0.1) is 10.1 Å². The highest BCUT2D eigenvalue weighted by Gasteiger charge is 2.24. The Morgan fingerprint density at radius 2 is 1.36 bits per heavy atom. The lowest BCUT2D eigenvalue weighted by Crippen LogP contribution is -2.45. The van der Waals surface area contributed by atoms with Crippen molar-refractivity contribution in [2.45, 2.75) is 37.8 Å². The number of halogens is 2. The van der Waals surface area contributed by atoms with Gasteiger partial charge in [-0.3, -0.25) is 19.7 Å². The summed E-state index contributed by atoms with van der Waals surface area (Å²) in [7, 11) is 0. The van der Waals surface area contributed by atoms with Gasteiger partial charge in [0, 0.05) is 17.1 Å². The van der Waals surface area contributed by atoms with E-state index in [4.69, 9.17) is 32.7 Å². The van der Waals surface area contributed by atoms with E-state index in [0.29, 0.717) is 23.6 Å². The van der Waals surface area contributed by atoms with Crippen molar-refractivity contribution in [3.63, 3.8) is 0 Å². The van der Waals surface area contributed by atoms with E-state index in [2.05, 4.69) is 10.6 Å². The number of benzene rings is 2. The number of nitro groups is 1. The molecule has 0 spiro atoms. The number of carbonyl (C=O) groups is 2. The fraction of sp³-hybridized carbons (Fsp3) is 0.364. The Balaban J connectivity index is 1.34. The number of nitro benzene ring substituents is 1. The monoisotopic (exact) mass is 495 g/mol. The van der Waals surface area contributed by atoms with Crippen LogP contribution in [0.3, 0.4) is 0 Å². The third kappa shape index (κ3) is 7.80. The molecule has 0 saturated heterocycles. The first-order valence-electron chi connectivity index (χ1n) is 10.3. The number of carbonyl (C=O) groups excluding carboxylic acids is 2. The topological polar surface area (TPSA) is 120 Å². The summed E-state index contributed by atoms with van der Waals surface area (Å²) in [5.74, 6) is 0.226. The predicted molar refractivity (Wildman–Crippen MR) is 123 cm³/mol. The maximum atomic E-state index is 12.2. The molecule has 1 aliphatic carbocycles. The quantitative estimate of drug-likeness (QED) is 0.402. The molecule has 33 heavy (non-hydrogen) atoms. The van der Waals surface area contributed by atoms with Crippen molar-refractivity contribution in [2.24, 2.45) is 0 Å². The van der Waals surface area contributed by atoms with Crippen LogP contribution in [0.15, 0.2) is 42.5 Å². The van der Waals surface area contributed by atoms with Gasteiger partial charge >= 0.3 is 0 Å². The van der Waals surface area contributed by atoms with Crippen LogP contribution in [0.25, 0.3) is 0 Å². The second-order valence-electron chi connectivity index (χ2n) is 7.59. The van der Waals surface area contributed by atoms with Gasteiger partial charge in [-0.2, -0.15) is 0 Å². The van der Waals surface area contributed by atoms with Gasteiger partial charge in [0.1, 0.15) is 16.5 Å². The highest BCUT2D eigenvalue weighted by Crippen LogP contribution is 2.28. The van der Waals surface area contributed by atoms with E-state index in [-0.39, 0.29) is 53.6 Å². The van der Waals surface area contributed by atoms with Crippen molar-refractivity contribution in [2.75, 3.05) is 13.2 Å². The van der Waals surface area contributed by atoms with E-state index < -0.39 is 4.92 Å². The SMILES string of the molecule is O=C(COc1ccc(Cl)cc1)N[C@H]1CC[C@H](NC(=O)COc2ccc(Cl)c([N+](=O)[O-])c2)CC1. The third-order valence-corrected chi connectivity index (χ3v) is 5.70. The fourth-order valence-electron chi connectivity index (χ4n) is 3.47. The summed E-state index contributed by atoms with van der Waals surface area (Å²) < 4.78 is 10.8. The standard InChI is InChI=1S/C22H23Cl2N3O6/c23-14-1-7-17(8-2-14)32-12-21(28)25-15-3-5-16(6-4-15)26-22(29)13-33-18-9-10-19(24)20(11-18)27(30)31/h1-2,7-11,15-16H,3-6,12-13H2,(H,25,28)(H,26,29)/t15-,16-. The molecule has 0 atom stereocenters. The predicted octanol–water partition coefficient (Wildman–Crippen LogP) is 3.90. The van der Waals surface area contributed by atoms with Gasteiger partial charge in [0.05, 0.1) is 11.0 Å². The van der Waals surface area contributed by atoms with Crippen molar-refractivity contribution in [3.05, 3.63) is 62.6 Å². The largest absolute Gasteiger partial charge is 0.484 e. The normalized spacial score (nSPS) is 17.6. The number of nitrogens with one attached hydrogen (secondary N) is 2. The highest BCUT2D eigenvalue weighted by atomic mass is 35.5. The molecular weight excluding hydrogens is 473 g/mol. The minimum atomic E-state index is -0.615. The fourth-order valence-corrected chi connectivity index (χ4v) is 3.78. The molecular formula is C22H23Cl2N3O6. The first kappa shape index (κ1) is 24.6. The summed E-state index contributed by atoms with van der Waals surface area (Å²) in [5.41, 5.74) is -0.284. The van der Waals surface area contributed by atoms with E-state index >= 15 is 0 Å². The first-order valence-corrected chi connectivity index (χ1v) is 11.1. The van der Waals surface area contributed by atoms with Crippen molar-refractivity contribution in [1.82, 2.24) is 10.6 Å². The summed E-state index contributed by atoms with van der Waals surface area (Å²) >= 11 is 11.6. The summed E-state index contributed by atoms with van der Waals surface area (Å²) in [4.78, 5) is 34.6. The Kier molecular flexibility index (Phi) is 8.73. The van der Waals surface area contributed by atoms with Crippen LogP contribution in [0.2, 0.25) is 10.0 Å². The molecule has 0 heterocycles. The van der Waals surface area contributed by atoms with Gasteiger partial charge in [-0.25, -0.2) is 0 Å². The smallest absolute Gasteiger partial charge is 0.291 e. The van der Waals surface area contributed by atoms with Crippen LogP contribution < -0.4 is 20.1 Å². The lowest BCUT2D eigenvalue weighted by Gasteiger charge is -2.29. The number of hydrogen-bond acceptors (Lipinski definition) is 6. The lowest BCUT2D eigenvalue weighted by molar-refractivity contribution is -0.384. The van der Waals surface area contributed by atoms with Crippen molar-refractivity contribution >= 4 is 40.7 Å². The van der Waals surface area contributed by atoms with Gasteiger partial charge in [0.15, 0.2) is 13.2 Å². The zero-order valence-corrected chi connectivity index (χ0v) is 19.1. The number of amides is 2. The molecule has 1 saturated carbocycles. The van der Waals surface area contributed by atoms with Crippen molar-refractivity contribution in [3.8, 4) is 11.5 Å². The molecule has 1 fully saturated rings. The van der Waals surface area contributed by atoms with Crippen LogP contribution in [0.1, 0.15) is 25.7 Å². The molecule has 0 unspecified atom stereocenters. The zero-order valence-electron chi connectivity index (χ0n) is 17.6. The minimum absolute atomic E-state index is 0.00260. The van der Waals surface area contributed by atoms with Crippen LogP contribution in [0.4, 0.5) is 5.69 Å². The maximum absolute atomic E-state index is 12.2. The Morgan fingerprint density at radius 1 is 0.879 bits per heavy atom. The number of rotatable bonds is 9. The average molecular weight is 496 g/mol. The zero-order chi connectivity index (χ0) is 23.8. The average Bonchev–Trinajstić information content (AvgIpc) is 2.79. The third-order valence-electron chi connectivity index (χ3n) is 5.13.